The van der Waals surface area contributed by atoms with Crippen LogP contribution in [0.2, 0.25) is 0 Å². The van der Waals surface area contributed by atoms with Crippen molar-refractivity contribution in [2.45, 2.75) is 6.92 Å². The van der Waals surface area contributed by atoms with E-state index in [1.54, 1.807) is 6.20 Å². The Morgan fingerprint density at radius 3 is 2.50 bits per heavy atom. The second kappa shape index (κ2) is 3.69. The number of hydrogen-bond acceptors (Lipinski definition) is 5. The first kappa shape index (κ1) is 10.2. The maximum atomic E-state index is 5.83. The van der Waals surface area contributed by atoms with Crippen molar-refractivity contribution in [1.82, 2.24) is 9.97 Å². The highest BCUT2D eigenvalue weighted by atomic mass is 15.0. The smallest absolute Gasteiger partial charge is 0.221 e. The van der Waals surface area contributed by atoms with Crippen molar-refractivity contribution in [3.8, 4) is 11.1 Å². The molecule has 0 saturated heterocycles. The van der Waals surface area contributed by atoms with Crippen LogP contribution in [-0.2, 0) is 0 Å². The lowest BCUT2D eigenvalue weighted by Crippen LogP contribution is -2.01. The molecule has 0 aliphatic heterocycles. The van der Waals surface area contributed by atoms with Crippen LogP contribution in [0.15, 0.2) is 24.4 Å². The average molecular weight is 215 g/mol. The van der Waals surface area contributed by atoms with E-state index < -0.39 is 0 Å². The van der Waals surface area contributed by atoms with Gasteiger partial charge in [-0.15, -0.1) is 0 Å². The molecular weight excluding hydrogens is 202 g/mol. The van der Waals surface area contributed by atoms with Gasteiger partial charge in [0.15, 0.2) is 0 Å². The van der Waals surface area contributed by atoms with Crippen LogP contribution in [0.4, 0.5) is 17.5 Å². The zero-order chi connectivity index (χ0) is 11.7. The SMILES string of the molecule is Cc1ccc(-c2cnc(N)nc2N)cc1N. The van der Waals surface area contributed by atoms with Gasteiger partial charge in [0.1, 0.15) is 5.82 Å². The Hall–Kier alpha value is -2.30. The van der Waals surface area contributed by atoms with Crippen molar-refractivity contribution in [3.63, 3.8) is 0 Å². The van der Waals surface area contributed by atoms with E-state index in [-0.39, 0.29) is 5.95 Å². The largest absolute Gasteiger partial charge is 0.398 e. The van der Waals surface area contributed by atoms with Crippen LogP contribution < -0.4 is 17.2 Å². The highest BCUT2D eigenvalue weighted by Gasteiger charge is 2.06. The predicted octanol–water partition coefficient (Wildman–Crippen LogP) is 1.20. The molecule has 0 saturated carbocycles. The van der Waals surface area contributed by atoms with Crippen molar-refractivity contribution in [2.24, 2.45) is 0 Å². The normalized spacial score (nSPS) is 10.3. The van der Waals surface area contributed by atoms with E-state index >= 15 is 0 Å². The van der Waals surface area contributed by atoms with Gasteiger partial charge in [0, 0.05) is 17.4 Å². The number of nitrogens with zero attached hydrogens (tertiary/aromatic N) is 2. The molecule has 1 heterocycles. The van der Waals surface area contributed by atoms with Crippen LogP contribution >= 0.6 is 0 Å². The maximum absolute atomic E-state index is 5.83. The summed E-state index contributed by atoms with van der Waals surface area (Å²) in [6.45, 7) is 1.95. The van der Waals surface area contributed by atoms with Gasteiger partial charge >= 0.3 is 0 Å². The Kier molecular flexibility index (Phi) is 2.36. The van der Waals surface area contributed by atoms with E-state index in [0.29, 0.717) is 11.5 Å². The van der Waals surface area contributed by atoms with Crippen molar-refractivity contribution in [1.29, 1.82) is 0 Å². The average Bonchev–Trinajstić information content (AvgIpc) is 2.22. The quantitative estimate of drug-likeness (QED) is 0.620. The summed E-state index contributed by atoms with van der Waals surface area (Å²) in [4.78, 5) is 7.82. The highest BCUT2D eigenvalue weighted by Crippen LogP contribution is 2.26. The summed E-state index contributed by atoms with van der Waals surface area (Å²) in [7, 11) is 0. The first-order valence-corrected chi connectivity index (χ1v) is 4.82. The highest BCUT2D eigenvalue weighted by molar-refractivity contribution is 5.76. The van der Waals surface area contributed by atoms with Crippen molar-refractivity contribution in [2.75, 3.05) is 17.2 Å². The van der Waals surface area contributed by atoms with E-state index in [4.69, 9.17) is 17.2 Å². The molecule has 0 fully saturated rings. The summed E-state index contributed by atoms with van der Waals surface area (Å²) < 4.78 is 0. The molecule has 2 rings (SSSR count). The molecule has 1 aromatic heterocycles. The molecule has 0 bridgehead atoms. The minimum absolute atomic E-state index is 0.168. The van der Waals surface area contributed by atoms with E-state index in [0.717, 1.165) is 16.7 Å². The number of benzene rings is 1. The van der Waals surface area contributed by atoms with E-state index in [1.807, 2.05) is 25.1 Å². The first-order chi connectivity index (χ1) is 7.58. The number of aromatic nitrogens is 2. The van der Waals surface area contributed by atoms with Crippen LogP contribution in [0.3, 0.4) is 0 Å². The second-order valence-electron chi connectivity index (χ2n) is 3.60. The molecule has 0 spiro atoms. The van der Waals surface area contributed by atoms with E-state index in [9.17, 15) is 0 Å². The lowest BCUT2D eigenvalue weighted by atomic mass is 10.0. The molecule has 5 heteroatoms. The lowest BCUT2D eigenvalue weighted by Gasteiger charge is -2.07. The van der Waals surface area contributed by atoms with E-state index in [1.165, 1.54) is 0 Å². The maximum Gasteiger partial charge on any atom is 0.221 e. The number of nitrogens with two attached hydrogens (primary N) is 3. The standard InChI is InChI=1S/C11H13N5/c1-6-2-3-7(4-9(6)12)8-5-15-11(14)16-10(8)13/h2-5H,12H2,1H3,(H4,13,14,15,16). The fraction of sp³-hybridized carbons (Fsp3) is 0.0909. The summed E-state index contributed by atoms with van der Waals surface area (Å²) >= 11 is 0. The molecule has 0 aliphatic carbocycles. The molecule has 1 aromatic carbocycles. The summed E-state index contributed by atoms with van der Waals surface area (Å²) in [5.41, 5.74) is 20.4. The minimum atomic E-state index is 0.168. The van der Waals surface area contributed by atoms with Gasteiger partial charge in [-0.05, 0) is 24.1 Å². The summed E-state index contributed by atoms with van der Waals surface area (Å²) in [6.07, 6.45) is 1.60. The number of nitrogen functional groups attached to an aromatic ring is 3. The monoisotopic (exact) mass is 215 g/mol. The molecule has 0 aliphatic rings. The fourth-order valence-corrected chi connectivity index (χ4v) is 1.44. The van der Waals surface area contributed by atoms with Gasteiger partial charge in [-0.1, -0.05) is 12.1 Å². The Labute approximate surface area is 93.3 Å². The van der Waals surface area contributed by atoms with Crippen LogP contribution in [0.25, 0.3) is 11.1 Å². The molecule has 0 amide bonds. The first-order valence-electron chi connectivity index (χ1n) is 4.82. The molecule has 6 N–H and O–H groups in total. The Balaban J connectivity index is 2.54. The molecule has 0 radical (unpaired) electrons. The van der Waals surface area contributed by atoms with Gasteiger partial charge in [-0.25, -0.2) is 4.98 Å². The van der Waals surface area contributed by atoms with Crippen LogP contribution in [-0.4, -0.2) is 9.97 Å². The molecular formula is C11H13N5. The topological polar surface area (TPSA) is 104 Å². The van der Waals surface area contributed by atoms with Gasteiger partial charge in [0.05, 0.1) is 0 Å². The Morgan fingerprint density at radius 2 is 1.88 bits per heavy atom. The van der Waals surface area contributed by atoms with Crippen LogP contribution in [0.5, 0.6) is 0 Å². The number of aryl methyl sites for hydroxylation is 1. The lowest BCUT2D eigenvalue weighted by molar-refractivity contribution is 1.20. The van der Waals surface area contributed by atoms with Crippen LogP contribution in [0.1, 0.15) is 5.56 Å². The number of hydrogen-bond donors (Lipinski definition) is 3. The van der Waals surface area contributed by atoms with Gasteiger partial charge in [-0.3, -0.25) is 0 Å². The zero-order valence-corrected chi connectivity index (χ0v) is 8.94. The fourth-order valence-electron chi connectivity index (χ4n) is 1.44. The zero-order valence-electron chi connectivity index (χ0n) is 8.94. The minimum Gasteiger partial charge on any atom is -0.398 e. The van der Waals surface area contributed by atoms with Crippen LogP contribution in [0, 0.1) is 6.92 Å². The third-order valence-corrected chi connectivity index (χ3v) is 2.43. The van der Waals surface area contributed by atoms with Gasteiger partial charge in [0.25, 0.3) is 0 Å². The molecule has 2 aromatic rings. The molecule has 82 valence electrons. The van der Waals surface area contributed by atoms with Gasteiger partial charge in [0.2, 0.25) is 5.95 Å². The Morgan fingerprint density at radius 1 is 1.12 bits per heavy atom. The molecule has 16 heavy (non-hydrogen) atoms. The molecule has 5 nitrogen and oxygen atoms in total. The van der Waals surface area contributed by atoms with Crippen molar-refractivity contribution < 1.29 is 0 Å². The number of rotatable bonds is 1. The van der Waals surface area contributed by atoms with E-state index in [2.05, 4.69) is 9.97 Å². The van der Waals surface area contributed by atoms with Gasteiger partial charge < -0.3 is 17.2 Å². The van der Waals surface area contributed by atoms with Crippen molar-refractivity contribution in [3.05, 3.63) is 30.0 Å². The molecule has 0 unspecified atom stereocenters. The summed E-state index contributed by atoms with van der Waals surface area (Å²) in [5, 5.41) is 0. The molecule has 0 atom stereocenters. The summed E-state index contributed by atoms with van der Waals surface area (Å²) in [5.74, 6) is 0.525. The Bertz CT molecular complexity index is 536. The third kappa shape index (κ3) is 1.75. The second-order valence-corrected chi connectivity index (χ2v) is 3.60. The summed E-state index contributed by atoms with van der Waals surface area (Å²) in [6, 6.07) is 5.71. The van der Waals surface area contributed by atoms with Crippen molar-refractivity contribution >= 4 is 17.5 Å². The number of anilines is 3. The van der Waals surface area contributed by atoms with Gasteiger partial charge in [-0.2, -0.15) is 4.98 Å². The third-order valence-electron chi connectivity index (χ3n) is 2.43. The predicted molar refractivity (Wildman–Crippen MR) is 65.4 cm³/mol.